The first-order valence-electron chi connectivity index (χ1n) is 7.11. The summed E-state index contributed by atoms with van der Waals surface area (Å²) in [6, 6.07) is 0. The maximum atomic E-state index is 11.9. The Hall–Kier alpha value is -0.240. The van der Waals surface area contributed by atoms with Crippen molar-refractivity contribution in [2.45, 2.75) is 58.3 Å². The van der Waals surface area contributed by atoms with Crippen molar-refractivity contribution in [2.24, 2.45) is 5.92 Å². The number of rotatable bonds is 7. The van der Waals surface area contributed by atoms with Gasteiger partial charge in [0.1, 0.15) is 0 Å². The third-order valence-electron chi connectivity index (χ3n) is 3.69. The van der Waals surface area contributed by atoms with Crippen LogP contribution in [0.4, 0.5) is 0 Å². The van der Waals surface area contributed by atoms with Crippen LogP contribution in [0.2, 0.25) is 0 Å². The fraction of sp³-hybridized carbons (Fsp3) is 0.929. The van der Waals surface area contributed by atoms with Crippen LogP contribution in [0.5, 0.6) is 0 Å². The lowest BCUT2D eigenvalue weighted by Crippen LogP contribution is -2.31. The summed E-state index contributed by atoms with van der Waals surface area (Å²) in [5.41, 5.74) is 0. The molecular weight excluding hydrogens is 234 g/mol. The van der Waals surface area contributed by atoms with Crippen molar-refractivity contribution in [2.75, 3.05) is 19.0 Å². The molecule has 0 aliphatic carbocycles. The fourth-order valence-corrected chi connectivity index (χ4v) is 2.79. The summed E-state index contributed by atoms with van der Waals surface area (Å²) in [7, 11) is 0. The zero-order chi connectivity index (χ0) is 12.5. The van der Waals surface area contributed by atoms with Crippen LogP contribution in [0.15, 0.2) is 0 Å². The van der Waals surface area contributed by atoms with Gasteiger partial charge in [-0.1, -0.05) is 26.2 Å². The summed E-state index contributed by atoms with van der Waals surface area (Å²) in [6.07, 6.45) is 8.92. The van der Waals surface area contributed by atoms with Gasteiger partial charge in [-0.25, -0.2) is 0 Å². The highest BCUT2D eigenvalue weighted by atomic mass is 35.5. The molecule has 0 spiro atoms. The number of unbranched alkanes of at least 4 members (excludes halogenated alkanes) is 2. The highest BCUT2D eigenvalue weighted by Crippen LogP contribution is 2.22. The maximum absolute atomic E-state index is 11.9. The van der Waals surface area contributed by atoms with Crippen LogP contribution in [0, 0.1) is 5.92 Å². The van der Waals surface area contributed by atoms with Gasteiger partial charge >= 0.3 is 0 Å². The summed E-state index contributed by atoms with van der Waals surface area (Å²) in [5, 5.41) is 0. The maximum Gasteiger partial charge on any atom is 0.222 e. The zero-order valence-corrected chi connectivity index (χ0v) is 11.8. The van der Waals surface area contributed by atoms with Gasteiger partial charge in [0.25, 0.3) is 0 Å². The second-order valence-electron chi connectivity index (χ2n) is 5.11. The molecule has 1 rings (SSSR count). The lowest BCUT2D eigenvalue weighted by molar-refractivity contribution is -0.130. The third-order valence-corrected chi connectivity index (χ3v) is 3.95. The van der Waals surface area contributed by atoms with Gasteiger partial charge in [-0.05, 0) is 31.6 Å². The lowest BCUT2D eigenvalue weighted by atomic mass is 9.96. The standard InChI is InChI=1S/C14H26ClNO/c1-2-6-13-7-8-14(17)16(12-9-13)11-5-3-4-10-15/h13H,2-12H2,1H3. The van der Waals surface area contributed by atoms with Crippen molar-refractivity contribution in [1.82, 2.24) is 4.90 Å². The van der Waals surface area contributed by atoms with Crippen molar-refractivity contribution in [3.8, 4) is 0 Å². The van der Waals surface area contributed by atoms with E-state index in [0.717, 1.165) is 57.0 Å². The SMILES string of the molecule is CCCC1CCC(=O)N(CCCCCCl)CC1. The zero-order valence-electron chi connectivity index (χ0n) is 11.1. The fourth-order valence-electron chi connectivity index (χ4n) is 2.60. The van der Waals surface area contributed by atoms with Crippen molar-refractivity contribution < 1.29 is 4.79 Å². The molecule has 0 radical (unpaired) electrons. The van der Waals surface area contributed by atoms with Crippen LogP contribution >= 0.6 is 11.6 Å². The summed E-state index contributed by atoms with van der Waals surface area (Å²) in [4.78, 5) is 14.0. The van der Waals surface area contributed by atoms with E-state index < -0.39 is 0 Å². The van der Waals surface area contributed by atoms with Crippen molar-refractivity contribution >= 4 is 17.5 Å². The van der Waals surface area contributed by atoms with Crippen LogP contribution < -0.4 is 0 Å². The van der Waals surface area contributed by atoms with Crippen LogP contribution in [-0.2, 0) is 4.79 Å². The number of hydrogen-bond acceptors (Lipinski definition) is 1. The molecule has 1 heterocycles. The van der Waals surface area contributed by atoms with Crippen LogP contribution in [-0.4, -0.2) is 29.8 Å². The van der Waals surface area contributed by atoms with Gasteiger partial charge in [0.2, 0.25) is 5.91 Å². The van der Waals surface area contributed by atoms with Gasteiger partial charge in [-0.2, -0.15) is 0 Å². The molecule has 100 valence electrons. The van der Waals surface area contributed by atoms with Crippen molar-refractivity contribution in [3.05, 3.63) is 0 Å². The number of nitrogens with zero attached hydrogens (tertiary/aromatic N) is 1. The van der Waals surface area contributed by atoms with Crippen molar-refractivity contribution in [1.29, 1.82) is 0 Å². The normalized spacial score (nSPS) is 21.6. The Morgan fingerprint density at radius 2 is 2.12 bits per heavy atom. The molecule has 0 aromatic carbocycles. The molecule has 1 atom stereocenters. The van der Waals surface area contributed by atoms with E-state index in [1.165, 1.54) is 19.3 Å². The van der Waals surface area contributed by atoms with E-state index in [0.29, 0.717) is 5.91 Å². The Kier molecular flexibility index (Phi) is 7.67. The molecule has 1 unspecified atom stereocenters. The number of amides is 1. The minimum Gasteiger partial charge on any atom is -0.343 e. The molecule has 1 aliphatic rings. The van der Waals surface area contributed by atoms with Gasteiger partial charge in [0.15, 0.2) is 0 Å². The second-order valence-corrected chi connectivity index (χ2v) is 5.49. The quantitative estimate of drug-likeness (QED) is 0.503. The minimum absolute atomic E-state index is 0.370. The smallest absolute Gasteiger partial charge is 0.222 e. The summed E-state index contributed by atoms with van der Waals surface area (Å²) in [5.74, 6) is 1.89. The number of halogens is 1. The van der Waals surface area contributed by atoms with E-state index in [1.807, 2.05) is 0 Å². The minimum atomic E-state index is 0.370. The summed E-state index contributed by atoms with van der Waals surface area (Å²) < 4.78 is 0. The van der Waals surface area contributed by atoms with E-state index in [9.17, 15) is 4.79 Å². The Balaban J connectivity index is 2.27. The third kappa shape index (κ3) is 5.76. The molecular formula is C14H26ClNO. The molecule has 0 aromatic heterocycles. The molecule has 17 heavy (non-hydrogen) atoms. The molecule has 1 amide bonds. The second kappa shape index (κ2) is 8.79. The van der Waals surface area contributed by atoms with E-state index in [1.54, 1.807) is 0 Å². The van der Waals surface area contributed by atoms with E-state index in [2.05, 4.69) is 11.8 Å². The average Bonchev–Trinajstić information content (AvgIpc) is 2.50. The van der Waals surface area contributed by atoms with Crippen LogP contribution in [0.3, 0.4) is 0 Å². The average molecular weight is 260 g/mol. The monoisotopic (exact) mass is 259 g/mol. The van der Waals surface area contributed by atoms with E-state index in [4.69, 9.17) is 11.6 Å². The Morgan fingerprint density at radius 3 is 2.82 bits per heavy atom. The molecule has 0 saturated carbocycles. The highest BCUT2D eigenvalue weighted by Gasteiger charge is 2.21. The van der Waals surface area contributed by atoms with Gasteiger partial charge in [0, 0.05) is 25.4 Å². The predicted molar refractivity (Wildman–Crippen MR) is 73.4 cm³/mol. The highest BCUT2D eigenvalue weighted by molar-refractivity contribution is 6.17. The predicted octanol–water partition coefficient (Wildman–Crippen LogP) is 3.82. The number of likely N-dealkylation sites (tertiary alicyclic amines) is 1. The van der Waals surface area contributed by atoms with Gasteiger partial charge in [-0.15, -0.1) is 11.6 Å². The topological polar surface area (TPSA) is 20.3 Å². The summed E-state index contributed by atoms with van der Waals surface area (Å²) in [6.45, 7) is 4.15. The Morgan fingerprint density at radius 1 is 1.29 bits per heavy atom. The molecule has 0 bridgehead atoms. The number of alkyl halides is 1. The molecule has 0 aromatic rings. The van der Waals surface area contributed by atoms with Crippen LogP contribution in [0.25, 0.3) is 0 Å². The largest absolute Gasteiger partial charge is 0.343 e. The number of hydrogen-bond donors (Lipinski definition) is 0. The molecule has 1 aliphatic heterocycles. The summed E-state index contributed by atoms with van der Waals surface area (Å²) >= 11 is 5.65. The molecule has 1 saturated heterocycles. The number of carbonyl (C=O) groups excluding carboxylic acids is 1. The first-order valence-corrected chi connectivity index (χ1v) is 7.65. The van der Waals surface area contributed by atoms with Crippen molar-refractivity contribution in [3.63, 3.8) is 0 Å². The number of carbonyl (C=O) groups is 1. The lowest BCUT2D eigenvalue weighted by Gasteiger charge is -2.20. The molecule has 1 fully saturated rings. The Bertz CT molecular complexity index is 220. The molecule has 0 N–H and O–H groups in total. The first-order chi connectivity index (χ1) is 8.27. The van der Waals surface area contributed by atoms with Crippen LogP contribution in [0.1, 0.15) is 58.3 Å². The van der Waals surface area contributed by atoms with E-state index >= 15 is 0 Å². The van der Waals surface area contributed by atoms with Gasteiger partial charge < -0.3 is 4.90 Å². The first kappa shape index (κ1) is 14.8. The van der Waals surface area contributed by atoms with Gasteiger partial charge in [0.05, 0.1) is 0 Å². The molecule has 3 heteroatoms. The Labute approximate surface area is 111 Å². The van der Waals surface area contributed by atoms with E-state index in [-0.39, 0.29) is 0 Å². The molecule has 2 nitrogen and oxygen atoms in total. The van der Waals surface area contributed by atoms with Gasteiger partial charge in [-0.3, -0.25) is 4.79 Å².